The van der Waals surface area contributed by atoms with Gasteiger partial charge in [0.05, 0.1) is 17.0 Å². The SMILES string of the molecule is Cc1ccc(-n2c(SCC(=O)Nc3nnc(C)s3)nnc2-c2cc(Br)ccc2O)c(C)c1. The molecule has 2 aromatic carbocycles. The third kappa shape index (κ3) is 4.84. The van der Waals surface area contributed by atoms with Gasteiger partial charge in [-0.1, -0.05) is 56.7 Å². The fraction of sp³-hybridized carbons (Fsp3) is 0.190. The molecule has 0 spiro atoms. The first-order chi connectivity index (χ1) is 15.3. The van der Waals surface area contributed by atoms with Crippen LogP contribution in [0.25, 0.3) is 17.1 Å². The molecular weight excluding hydrogens is 512 g/mol. The van der Waals surface area contributed by atoms with Crippen LogP contribution in [-0.2, 0) is 4.79 Å². The van der Waals surface area contributed by atoms with Gasteiger partial charge in [-0.2, -0.15) is 0 Å². The van der Waals surface area contributed by atoms with Gasteiger partial charge in [0.2, 0.25) is 11.0 Å². The number of anilines is 1. The number of nitrogens with zero attached hydrogens (tertiary/aromatic N) is 5. The summed E-state index contributed by atoms with van der Waals surface area (Å²) in [6.07, 6.45) is 0. The van der Waals surface area contributed by atoms with E-state index in [1.54, 1.807) is 18.2 Å². The average molecular weight is 531 g/mol. The van der Waals surface area contributed by atoms with Crippen molar-refractivity contribution in [2.45, 2.75) is 25.9 Å². The number of phenols is 1. The van der Waals surface area contributed by atoms with Gasteiger partial charge in [0.15, 0.2) is 11.0 Å². The van der Waals surface area contributed by atoms with Crippen LogP contribution in [0.5, 0.6) is 5.75 Å². The van der Waals surface area contributed by atoms with Crippen molar-refractivity contribution < 1.29 is 9.90 Å². The molecule has 2 heterocycles. The van der Waals surface area contributed by atoms with Gasteiger partial charge in [-0.3, -0.25) is 14.7 Å². The van der Waals surface area contributed by atoms with Crippen molar-refractivity contribution in [1.82, 2.24) is 25.0 Å². The second-order valence-electron chi connectivity index (χ2n) is 7.06. The highest BCUT2D eigenvalue weighted by atomic mass is 79.9. The van der Waals surface area contributed by atoms with E-state index < -0.39 is 0 Å². The van der Waals surface area contributed by atoms with Crippen LogP contribution in [0.15, 0.2) is 46.0 Å². The maximum atomic E-state index is 12.4. The summed E-state index contributed by atoms with van der Waals surface area (Å²) in [5.41, 5.74) is 3.56. The minimum atomic E-state index is -0.215. The minimum absolute atomic E-state index is 0.0903. The lowest BCUT2D eigenvalue weighted by Crippen LogP contribution is -2.14. The zero-order valence-electron chi connectivity index (χ0n) is 17.5. The molecule has 0 aliphatic carbocycles. The molecule has 0 atom stereocenters. The van der Waals surface area contributed by atoms with Crippen molar-refractivity contribution in [2.24, 2.45) is 0 Å². The third-order valence-corrected chi connectivity index (χ3v) is 6.71. The Labute approximate surface area is 201 Å². The number of phenolic OH excluding ortho intramolecular Hbond substituents is 1. The van der Waals surface area contributed by atoms with Crippen molar-refractivity contribution in [3.8, 4) is 22.8 Å². The third-order valence-electron chi connectivity index (χ3n) is 4.53. The van der Waals surface area contributed by atoms with Crippen molar-refractivity contribution in [1.29, 1.82) is 0 Å². The van der Waals surface area contributed by atoms with E-state index in [4.69, 9.17) is 0 Å². The minimum Gasteiger partial charge on any atom is -0.507 e. The predicted molar refractivity (Wildman–Crippen MR) is 130 cm³/mol. The largest absolute Gasteiger partial charge is 0.507 e. The molecule has 0 radical (unpaired) electrons. The summed E-state index contributed by atoms with van der Waals surface area (Å²) in [5, 5.41) is 31.5. The van der Waals surface area contributed by atoms with E-state index in [1.165, 1.54) is 23.1 Å². The molecule has 4 aromatic rings. The molecule has 8 nitrogen and oxygen atoms in total. The monoisotopic (exact) mass is 530 g/mol. The second-order valence-corrected chi connectivity index (χ2v) is 10.1. The van der Waals surface area contributed by atoms with E-state index in [0.717, 1.165) is 26.3 Å². The number of carbonyl (C=O) groups excluding carboxylic acids is 1. The lowest BCUT2D eigenvalue weighted by Gasteiger charge is -2.14. The summed E-state index contributed by atoms with van der Waals surface area (Å²) < 4.78 is 2.67. The number of amides is 1. The normalized spacial score (nSPS) is 11.0. The van der Waals surface area contributed by atoms with Crippen LogP contribution >= 0.6 is 39.0 Å². The van der Waals surface area contributed by atoms with Gasteiger partial charge < -0.3 is 5.11 Å². The van der Waals surface area contributed by atoms with Crippen molar-refractivity contribution in [3.63, 3.8) is 0 Å². The molecule has 11 heteroatoms. The number of aromatic nitrogens is 5. The summed E-state index contributed by atoms with van der Waals surface area (Å²) in [6.45, 7) is 5.86. The molecule has 1 amide bonds. The number of hydrogen-bond donors (Lipinski definition) is 2. The molecular formula is C21H19BrN6O2S2. The molecule has 0 fully saturated rings. The lowest BCUT2D eigenvalue weighted by molar-refractivity contribution is -0.113. The molecule has 0 bridgehead atoms. The Morgan fingerprint density at radius 1 is 1.12 bits per heavy atom. The zero-order chi connectivity index (χ0) is 22.8. The van der Waals surface area contributed by atoms with Crippen LogP contribution in [0.1, 0.15) is 16.1 Å². The number of carbonyl (C=O) groups is 1. The summed E-state index contributed by atoms with van der Waals surface area (Å²) in [4.78, 5) is 12.4. The Hall–Kier alpha value is -2.76. The van der Waals surface area contributed by atoms with Crippen LogP contribution < -0.4 is 5.32 Å². The molecule has 2 aromatic heterocycles. The number of rotatable bonds is 6. The highest BCUT2D eigenvalue weighted by Crippen LogP contribution is 2.35. The van der Waals surface area contributed by atoms with Gasteiger partial charge in [-0.25, -0.2) is 0 Å². The Bertz CT molecular complexity index is 1300. The van der Waals surface area contributed by atoms with Crippen LogP contribution in [0.4, 0.5) is 5.13 Å². The maximum absolute atomic E-state index is 12.4. The van der Waals surface area contributed by atoms with Crippen molar-refractivity contribution in [2.75, 3.05) is 11.1 Å². The van der Waals surface area contributed by atoms with Crippen LogP contribution in [-0.4, -0.2) is 41.7 Å². The van der Waals surface area contributed by atoms with Crippen LogP contribution in [0, 0.1) is 20.8 Å². The second kappa shape index (κ2) is 9.39. The fourth-order valence-electron chi connectivity index (χ4n) is 3.13. The molecule has 0 aliphatic rings. The van der Waals surface area contributed by atoms with Gasteiger partial charge in [0.1, 0.15) is 10.8 Å². The molecule has 0 saturated heterocycles. The molecule has 0 saturated carbocycles. The van der Waals surface area contributed by atoms with E-state index in [1.807, 2.05) is 37.5 Å². The highest BCUT2D eigenvalue weighted by Gasteiger charge is 2.21. The number of halogens is 1. The Morgan fingerprint density at radius 3 is 2.66 bits per heavy atom. The van der Waals surface area contributed by atoms with Gasteiger partial charge in [0, 0.05) is 4.47 Å². The number of benzene rings is 2. The topological polar surface area (TPSA) is 106 Å². The standard InChI is InChI=1S/C21H19BrN6O2S2/c1-11-4-6-16(12(2)8-11)28-19(15-9-14(22)5-7-17(15)29)25-27-21(28)31-10-18(30)23-20-26-24-13(3)32-20/h4-9,29H,10H2,1-3H3,(H,23,26,30). The van der Waals surface area contributed by atoms with Gasteiger partial charge in [-0.15, -0.1) is 20.4 Å². The molecule has 164 valence electrons. The Kier molecular flexibility index (Phi) is 6.58. The molecule has 32 heavy (non-hydrogen) atoms. The van der Waals surface area contributed by atoms with E-state index in [-0.39, 0.29) is 17.4 Å². The Balaban J connectivity index is 1.70. The Morgan fingerprint density at radius 2 is 1.94 bits per heavy atom. The molecule has 2 N–H and O–H groups in total. The molecule has 0 aliphatic heterocycles. The summed E-state index contributed by atoms with van der Waals surface area (Å²) >= 11 is 6.02. The number of aromatic hydroxyl groups is 1. The zero-order valence-corrected chi connectivity index (χ0v) is 20.7. The van der Waals surface area contributed by atoms with E-state index in [9.17, 15) is 9.90 Å². The predicted octanol–water partition coefficient (Wildman–Crippen LogP) is 4.91. The smallest absolute Gasteiger partial charge is 0.236 e. The number of hydrogen-bond acceptors (Lipinski definition) is 8. The van der Waals surface area contributed by atoms with E-state index in [0.29, 0.717) is 21.7 Å². The fourth-order valence-corrected chi connectivity index (χ4v) is 4.85. The first-order valence-electron chi connectivity index (χ1n) is 9.56. The summed E-state index contributed by atoms with van der Waals surface area (Å²) in [6, 6.07) is 11.2. The number of thioether (sulfide) groups is 1. The van der Waals surface area contributed by atoms with Crippen molar-refractivity contribution >= 4 is 50.1 Å². The van der Waals surface area contributed by atoms with Crippen LogP contribution in [0.2, 0.25) is 0 Å². The average Bonchev–Trinajstić information content (AvgIpc) is 3.34. The van der Waals surface area contributed by atoms with Gasteiger partial charge in [-0.05, 0) is 50.6 Å². The first-order valence-corrected chi connectivity index (χ1v) is 12.2. The van der Waals surface area contributed by atoms with E-state index in [2.05, 4.69) is 47.7 Å². The number of nitrogens with one attached hydrogen (secondary N) is 1. The quantitative estimate of drug-likeness (QED) is 0.341. The van der Waals surface area contributed by atoms with Gasteiger partial charge in [0.25, 0.3) is 0 Å². The van der Waals surface area contributed by atoms with Gasteiger partial charge >= 0.3 is 0 Å². The maximum Gasteiger partial charge on any atom is 0.236 e. The highest BCUT2D eigenvalue weighted by molar-refractivity contribution is 9.10. The molecule has 4 rings (SSSR count). The van der Waals surface area contributed by atoms with E-state index >= 15 is 0 Å². The first kappa shape index (κ1) is 22.4. The number of aryl methyl sites for hydroxylation is 3. The van der Waals surface area contributed by atoms with Crippen LogP contribution in [0.3, 0.4) is 0 Å². The summed E-state index contributed by atoms with van der Waals surface area (Å²) in [7, 11) is 0. The lowest BCUT2D eigenvalue weighted by atomic mass is 10.1. The summed E-state index contributed by atoms with van der Waals surface area (Å²) in [5.74, 6) is 0.478. The molecule has 0 unspecified atom stereocenters. The van der Waals surface area contributed by atoms with Crippen molar-refractivity contribution in [3.05, 3.63) is 57.0 Å².